The van der Waals surface area contributed by atoms with E-state index in [0.717, 1.165) is 68.2 Å². The molecule has 4 heterocycles. The van der Waals surface area contributed by atoms with Gasteiger partial charge in [-0.3, -0.25) is 9.48 Å². The number of carbonyl (C=O) groups is 1. The van der Waals surface area contributed by atoms with Crippen LogP contribution in [-0.2, 0) is 13.5 Å². The second-order valence-electron chi connectivity index (χ2n) is 7.81. The van der Waals surface area contributed by atoms with E-state index in [-0.39, 0.29) is 11.9 Å². The van der Waals surface area contributed by atoms with Crippen molar-refractivity contribution in [2.24, 2.45) is 7.05 Å². The van der Waals surface area contributed by atoms with Gasteiger partial charge in [0, 0.05) is 44.6 Å². The molecule has 0 spiro atoms. The molecule has 1 saturated heterocycles. The van der Waals surface area contributed by atoms with Crippen molar-refractivity contribution in [1.82, 2.24) is 24.6 Å². The van der Waals surface area contributed by atoms with E-state index in [1.807, 2.05) is 25.1 Å². The Morgan fingerprint density at radius 3 is 2.63 bits per heavy atom. The lowest BCUT2D eigenvalue weighted by Gasteiger charge is -2.36. The number of amides is 1. The first-order valence-corrected chi connectivity index (χ1v) is 9.85. The van der Waals surface area contributed by atoms with Gasteiger partial charge in [-0.05, 0) is 46.0 Å². The predicted octanol–water partition coefficient (Wildman–Crippen LogP) is 2.58. The molecule has 2 aliphatic heterocycles. The summed E-state index contributed by atoms with van der Waals surface area (Å²) < 4.78 is 1.70. The third-order valence-electron chi connectivity index (χ3n) is 5.80. The number of aryl methyl sites for hydroxylation is 3. The van der Waals surface area contributed by atoms with Gasteiger partial charge in [0.05, 0.1) is 17.3 Å². The van der Waals surface area contributed by atoms with Crippen molar-refractivity contribution in [1.29, 1.82) is 0 Å². The van der Waals surface area contributed by atoms with E-state index in [1.165, 1.54) is 5.56 Å². The van der Waals surface area contributed by atoms with Gasteiger partial charge < -0.3 is 9.80 Å². The topological polar surface area (TPSA) is 67.2 Å². The van der Waals surface area contributed by atoms with E-state index in [9.17, 15) is 4.79 Å². The molecule has 27 heavy (non-hydrogen) atoms. The summed E-state index contributed by atoms with van der Waals surface area (Å²) in [6.45, 7) is 5.72. The van der Waals surface area contributed by atoms with Crippen molar-refractivity contribution in [2.45, 2.75) is 52.0 Å². The van der Waals surface area contributed by atoms with Crippen LogP contribution in [-0.4, -0.2) is 50.7 Å². The average Bonchev–Trinajstić information content (AvgIpc) is 3.00. The van der Waals surface area contributed by atoms with Crippen LogP contribution in [0.5, 0.6) is 0 Å². The molecule has 0 aromatic carbocycles. The molecule has 1 atom stereocenters. The van der Waals surface area contributed by atoms with Gasteiger partial charge in [-0.2, -0.15) is 5.10 Å². The fourth-order valence-corrected chi connectivity index (χ4v) is 4.37. The lowest BCUT2D eigenvalue weighted by Crippen LogP contribution is -2.40. The van der Waals surface area contributed by atoms with Crippen molar-refractivity contribution in [2.75, 3.05) is 25.0 Å². The third kappa shape index (κ3) is 3.19. The molecule has 0 aliphatic carbocycles. The summed E-state index contributed by atoms with van der Waals surface area (Å²) in [5.74, 6) is 1.87. The Morgan fingerprint density at radius 2 is 1.89 bits per heavy atom. The molecule has 0 N–H and O–H groups in total. The van der Waals surface area contributed by atoms with Gasteiger partial charge in [0.2, 0.25) is 0 Å². The smallest absolute Gasteiger partial charge is 0.257 e. The highest BCUT2D eigenvalue weighted by Crippen LogP contribution is 2.34. The van der Waals surface area contributed by atoms with E-state index in [0.29, 0.717) is 5.56 Å². The Hall–Kier alpha value is -2.44. The second-order valence-corrected chi connectivity index (χ2v) is 7.81. The normalized spacial score (nSPS) is 19.9. The first-order chi connectivity index (χ1) is 13.0. The lowest BCUT2D eigenvalue weighted by molar-refractivity contribution is 0.0598. The van der Waals surface area contributed by atoms with Gasteiger partial charge >= 0.3 is 0 Å². The van der Waals surface area contributed by atoms with Crippen LogP contribution in [0.2, 0.25) is 0 Å². The minimum absolute atomic E-state index is 0.0395. The van der Waals surface area contributed by atoms with Gasteiger partial charge in [0.15, 0.2) is 5.82 Å². The minimum Gasteiger partial charge on any atom is -0.359 e. The number of hydrogen-bond donors (Lipinski definition) is 0. The van der Waals surface area contributed by atoms with Crippen LogP contribution in [0.1, 0.15) is 64.9 Å². The zero-order valence-electron chi connectivity index (χ0n) is 16.7. The molecule has 7 heteroatoms. The van der Waals surface area contributed by atoms with E-state index < -0.39 is 0 Å². The number of hydrogen-bond acceptors (Lipinski definition) is 5. The van der Waals surface area contributed by atoms with Crippen LogP contribution in [0.3, 0.4) is 0 Å². The molecule has 4 rings (SSSR count). The Labute approximate surface area is 160 Å². The molecule has 0 bridgehead atoms. The van der Waals surface area contributed by atoms with E-state index in [2.05, 4.69) is 24.0 Å². The van der Waals surface area contributed by atoms with Crippen LogP contribution in [0.25, 0.3) is 0 Å². The highest BCUT2D eigenvalue weighted by atomic mass is 16.2. The van der Waals surface area contributed by atoms with Crippen LogP contribution in [0, 0.1) is 13.8 Å². The molecular formula is C20H28N6O. The summed E-state index contributed by atoms with van der Waals surface area (Å²) >= 11 is 0. The fourth-order valence-electron chi connectivity index (χ4n) is 4.37. The highest BCUT2D eigenvalue weighted by molar-refractivity contribution is 5.95. The SMILES string of the molecule is Cc1nn(C)cc1C(=O)N1CCCC[C@@H]1c1nc(C)c2c(n1)N(C)CCC2. The monoisotopic (exact) mass is 368 g/mol. The first kappa shape index (κ1) is 17.9. The van der Waals surface area contributed by atoms with E-state index in [4.69, 9.17) is 9.97 Å². The van der Waals surface area contributed by atoms with Crippen molar-refractivity contribution in [3.8, 4) is 0 Å². The molecule has 1 fully saturated rings. The molecule has 0 saturated carbocycles. The van der Waals surface area contributed by atoms with Gasteiger partial charge in [0.1, 0.15) is 5.82 Å². The Balaban J connectivity index is 1.71. The summed E-state index contributed by atoms with van der Waals surface area (Å²) in [5.41, 5.74) is 3.76. The lowest BCUT2D eigenvalue weighted by atomic mass is 9.99. The molecular weight excluding hydrogens is 340 g/mol. The summed E-state index contributed by atoms with van der Waals surface area (Å²) in [6.07, 6.45) is 7.01. The minimum atomic E-state index is -0.0646. The number of piperidine rings is 1. The average molecular weight is 368 g/mol. The highest BCUT2D eigenvalue weighted by Gasteiger charge is 2.33. The number of anilines is 1. The number of carbonyl (C=O) groups excluding carboxylic acids is 1. The quantitative estimate of drug-likeness (QED) is 0.815. The number of fused-ring (bicyclic) bond motifs is 1. The zero-order chi connectivity index (χ0) is 19.1. The van der Waals surface area contributed by atoms with Gasteiger partial charge in [-0.1, -0.05) is 0 Å². The first-order valence-electron chi connectivity index (χ1n) is 9.85. The summed E-state index contributed by atoms with van der Waals surface area (Å²) in [4.78, 5) is 27.2. The molecule has 1 amide bonds. The Bertz CT molecular complexity index is 874. The number of aromatic nitrogens is 4. The largest absolute Gasteiger partial charge is 0.359 e. The molecule has 0 unspecified atom stereocenters. The van der Waals surface area contributed by atoms with Gasteiger partial charge in [-0.25, -0.2) is 9.97 Å². The standard InChI is InChI=1S/C20H28N6O/c1-13-15-8-7-10-24(3)19(15)22-18(21-13)17-9-5-6-11-26(17)20(27)16-12-25(4)23-14(16)2/h12,17H,5-11H2,1-4H3/t17-/m1/s1. The van der Waals surface area contributed by atoms with Gasteiger partial charge in [0.25, 0.3) is 5.91 Å². The number of nitrogens with zero attached hydrogens (tertiary/aromatic N) is 6. The maximum Gasteiger partial charge on any atom is 0.257 e. The van der Waals surface area contributed by atoms with Crippen LogP contribution >= 0.6 is 0 Å². The molecule has 144 valence electrons. The van der Waals surface area contributed by atoms with Crippen molar-refractivity contribution >= 4 is 11.7 Å². The molecule has 0 radical (unpaired) electrons. The van der Waals surface area contributed by atoms with Crippen molar-refractivity contribution < 1.29 is 4.79 Å². The van der Waals surface area contributed by atoms with Crippen molar-refractivity contribution in [3.63, 3.8) is 0 Å². The van der Waals surface area contributed by atoms with Crippen LogP contribution in [0.15, 0.2) is 6.20 Å². The Kier molecular flexibility index (Phi) is 4.61. The van der Waals surface area contributed by atoms with Crippen LogP contribution < -0.4 is 4.90 Å². The summed E-state index contributed by atoms with van der Waals surface area (Å²) in [5, 5.41) is 4.34. The summed E-state index contributed by atoms with van der Waals surface area (Å²) in [6, 6.07) is -0.0646. The molecule has 2 aliphatic rings. The van der Waals surface area contributed by atoms with Gasteiger partial charge in [-0.15, -0.1) is 0 Å². The maximum absolute atomic E-state index is 13.3. The summed E-state index contributed by atoms with van der Waals surface area (Å²) in [7, 11) is 3.94. The maximum atomic E-state index is 13.3. The number of likely N-dealkylation sites (tertiary alicyclic amines) is 1. The number of rotatable bonds is 2. The molecule has 7 nitrogen and oxygen atoms in total. The molecule has 2 aromatic rings. The molecule has 2 aromatic heterocycles. The Morgan fingerprint density at radius 1 is 1.07 bits per heavy atom. The van der Waals surface area contributed by atoms with E-state index in [1.54, 1.807) is 4.68 Å². The zero-order valence-corrected chi connectivity index (χ0v) is 16.7. The van der Waals surface area contributed by atoms with Crippen molar-refractivity contribution in [3.05, 3.63) is 34.5 Å². The second kappa shape index (κ2) is 6.94. The third-order valence-corrected chi connectivity index (χ3v) is 5.80. The fraction of sp³-hybridized carbons (Fsp3) is 0.600. The predicted molar refractivity (Wildman–Crippen MR) is 104 cm³/mol. The van der Waals surface area contributed by atoms with Crippen LogP contribution in [0.4, 0.5) is 5.82 Å². The van der Waals surface area contributed by atoms with E-state index >= 15 is 0 Å².